The van der Waals surface area contributed by atoms with Crippen molar-refractivity contribution in [3.05, 3.63) is 34.6 Å². The molecule has 17 heavy (non-hydrogen) atoms. The van der Waals surface area contributed by atoms with Crippen molar-refractivity contribution < 1.29 is 4.39 Å². The number of benzene rings is 1. The summed E-state index contributed by atoms with van der Waals surface area (Å²) in [5.41, 5.74) is 6.43. The van der Waals surface area contributed by atoms with E-state index in [9.17, 15) is 4.39 Å². The normalized spacial score (nSPS) is 20.3. The second-order valence-corrected chi connectivity index (χ2v) is 4.71. The minimum atomic E-state index is -0.212. The van der Waals surface area contributed by atoms with Gasteiger partial charge in [-0.25, -0.2) is 4.39 Å². The fourth-order valence-corrected chi connectivity index (χ4v) is 2.36. The molecule has 1 aliphatic heterocycles. The van der Waals surface area contributed by atoms with Crippen LogP contribution in [0.3, 0.4) is 0 Å². The summed E-state index contributed by atoms with van der Waals surface area (Å²) in [5, 5.41) is 0.517. The van der Waals surface area contributed by atoms with E-state index in [0.717, 1.165) is 26.1 Å². The van der Waals surface area contributed by atoms with Gasteiger partial charge in [0, 0.05) is 29.7 Å². The Labute approximate surface area is 112 Å². The van der Waals surface area contributed by atoms with Crippen LogP contribution in [0.5, 0.6) is 0 Å². The van der Waals surface area contributed by atoms with Gasteiger partial charge in [0.15, 0.2) is 0 Å². The summed E-state index contributed by atoms with van der Waals surface area (Å²) in [5.74, 6) is -0.212. The highest BCUT2D eigenvalue weighted by Crippen LogP contribution is 2.20. The van der Waals surface area contributed by atoms with Crippen LogP contribution in [0.4, 0.5) is 4.39 Å². The first-order valence-electron chi connectivity index (χ1n) is 5.57. The van der Waals surface area contributed by atoms with E-state index in [-0.39, 0.29) is 24.3 Å². The monoisotopic (exact) mass is 278 g/mol. The molecule has 1 aromatic carbocycles. The number of hydrogen-bond acceptors (Lipinski definition) is 2. The first-order valence-corrected chi connectivity index (χ1v) is 5.95. The van der Waals surface area contributed by atoms with Gasteiger partial charge in [-0.3, -0.25) is 0 Å². The molecule has 0 aliphatic carbocycles. The second kappa shape index (κ2) is 6.55. The first kappa shape index (κ1) is 14.7. The molecule has 2 nitrogen and oxygen atoms in total. The lowest BCUT2D eigenvalue weighted by Crippen LogP contribution is -2.28. The van der Waals surface area contributed by atoms with E-state index < -0.39 is 0 Å². The molecular weight excluding hydrogens is 262 g/mol. The minimum absolute atomic E-state index is 0. The summed E-state index contributed by atoms with van der Waals surface area (Å²) in [6, 6.07) is 5.09. The van der Waals surface area contributed by atoms with E-state index in [4.69, 9.17) is 17.3 Å². The highest BCUT2D eigenvalue weighted by Gasteiger charge is 2.19. The number of likely N-dealkylation sites (tertiary alicyclic amines) is 1. The Hall–Kier alpha value is -0.350. The third-order valence-electron chi connectivity index (χ3n) is 3.05. The quantitative estimate of drug-likeness (QED) is 0.921. The van der Waals surface area contributed by atoms with Crippen molar-refractivity contribution in [3.63, 3.8) is 0 Å². The predicted molar refractivity (Wildman–Crippen MR) is 71.4 cm³/mol. The number of nitrogens with zero attached hydrogens (tertiary/aromatic N) is 1. The molecule has 1 atom stereocenters. The van der Waals surface area contributed by atoms with Crippen molar-refractivity contribution in [2.45, 2.75) is 18.9 Å². The van der Waals surface area contributed by atoms with Gasteiger partial charge in [0.1, 0.15) is 5.82 Å². The highest BCUT2D eigenvalue weighted by atomic mass is 35.5. The topological polar surface area (TPSA) is 29.3 Å². The van der Waals surface area contributed by atoms with Gasteiger partial charge >= 0.3 is 0 Å². The summed E-state index contributed by atoms with van der Waals surface area (Å²) in [6.07, 6.45) is 1.68. The lowest BCUT2D eigenvalue weighted by atomic mass is 10.1. The molecule has 0 aromatic heterocycles. The largest absolute Gasteiger partial charge is 0.326 e. The predicted octanol–water partition coefficient (Wildman–Crippen LogP) is 2.48. The number of nitrogens with two attached hydrogens (primary N) is 1. The zero-order valence-electron chi connectivity index (χ0n) is 9.53. The highest BCUT2D eigenvalue weighted by molar-refractivity contribution is 6.31. The molecular formula is C12H17Cl2FN2. The molecule has 2 rings (SSSR count). The van der Waals surface area contributed by atoms with E-state index in [0.29, 0.717) is 17.0 Å². The van der Waals surface area contributed by atoms with Crippen LogP contribution in [0, 0.1) is 5.82 Å². The van der Waals surface area contributed by atoms with Crippen LogP contribution >= 0.6 is 24.0 Å². The van der Waals surface area contributed by atoms with E-state index in [1.54, 1.807) is 12.1 Å². The Morgan fingerprint density at radius 2 is 2.24 bits per heavy atom. The van der Waals surface area contributed by atoms with Gasteiger partial charge in [0.05, 0.1) is 0 Å². The fraction of sp³-hybridized carbons (Fsp3) is 0.500. The van der Waals surface area contributed by atoms with Crippen molar-refractivity contribution in [1.82, 2.24) is 4.90 Å². The maximum Gasteiger partial charge on any atom is 0.127 e. The Morgan fingerprint density at radius 3 is 2.82 bits per heavy atom. The molecule has 0 amide bonds. The SMILES string of the molecule is Cl.NC1CCN(CCc2c(F)cccc2Cl)C1. The van der Waals surface area contributed by atoms with Gasteiger partial charge in [0.25, 0.3) is 0 Å². The zero-order chi connectivity index (χ0) is 11.5. The Bertz CT molecular complexity index is 353. The number of hydrogen-bond donors (Lipinski definition) is 1. The van der Waals surface area contributed by atoms with Crippen molar-refractivity contribution in [2.75, 3.05) is 19.6 Å². The molecule has 0 spiro atoms. The smallest absolute Gasteiger partial charge is 0.127 e. The van der Waals surface area contributed by atoms with Gasteiger partial charge < -0.3 is 10.6 Å². The molecule has 1 fully saturated rings. The molecule has 0 radical (unpaired) electrons. The molecule has 1 aliphatic rings. The summed E-state index contributed by atoms with van der Waals surface area (Å²) < 4.78 is 13.5. The minimum Gasteiger partial charge on any atom is -0.326 e. The Balaban J connectivity index is 0.00000144. The molecule has 0 saturated carbocycles. The molecule has 1 heterocycles. The van der Waals surface area contributed by atoms with Crippen molar-refractivity contribution in [2.24, 2.45) is 5.73 Å². The van der Waals surface area contributed by atoms with Crippen molar-refractivity contribution in [1.29, 1.82) is 0 Å². The lowest BCUT2D eigenvalue weighted by Gasteiger charge is -2.15. The van der Waals surface area contributed by atoms with Crippen LogP contribution in [0.2, 0.25) is 5.02 Å². The van der Waals surface area contributed by atoms with E-state index in [1.807, 2.05) is 0 Å². The summed E-state index contributed by atoms with van der Waals surface area (Å²) in [4.78, 5) is 2.26. The third kappa shape index (κ3) is 3.81. The van der Waals surface area contributed by atoms with Crippen LogP contribution in [0.25, 0.3) is 0 Å². The molecule has 2 N–H and O–H groups in total. The standard InChI is InChI=1S/C12H16ClFN2.ClH/c13-11-2-1-3-12(14)10(11)5-7-16-6-4-9(15)8-16;/h1-3,9H,4-8,15H2;1H. The lowest BCUT2D eigenvalue weighted by molar-refractivity contribution is 0.337. The number of halogens is 3. The molecule has 1 unspecified atom stereocenters. The molecule has 5 heteroatoms. The Morgan fingerprint density at radius 1 is 1.47 bits per heavy atom. The van der Waals surface area contributed by atoms with Crippen LogP contribution in [0.1, 0.15) is 12.0 Å². The van der Waals surface area contributed by atoms with Crippen LogP contribution in [-0.4, -0.2) is 30.6 Å². The maximum atomic E-state index is 13.5. The Kier molecular flexibility index (Phi) is 5.67. The summed E-state index contributed by atoms with van der Waals surface area (Å²) in [7, 11) is 0. The summed E-state index contributed by atoms with van der Waals surface area (Å²) >= 11 is 5.96. The summed E-state index contributed by atoms with van der Waals surface area (Å²) in [6.45, 7) is 2.74. The van der Waals surface area contributed by atoms with E-state index >= 15 is 0 Å². The number of rotatable bonds is 3. The average Bonchev–Trinajstić information content (AvgIpc) is 2.63. The maximum absolute atomic E-state index is 13.5. The van der Waals surface area contributed by atoms with E-state index in [2.05, 4.69) is 4.90 Å². The average molecular weight is 279 g/mol. The molecule has 1 saturated heterocycles. The van der Waals surface area contributed by atoms with E-state index in [1.165, 1.54) is 6.07 Å². The molecule has 96 valence electrons. The van der Waals surface area contributed by atoms with Gasteiger partial charge in [-0.1, -0.05) is 17.7 Å². The van der Waals surface area contributed by atoms with Gasteiger partial charge in [0.2, 0.25) is 0 Å². The van der Waals surface area contributed by atoms with Crippen LogP contribution in [0.15, 0.2) is 18.2 Å². The van der Waals surface area contributed by atoms with Gasteiger partial charge in [-0.15, -0.1) is 12.4 Å². The molecule has 1 aromatic rings. The zero-order valence-corrected chi connectivity index (χ0v) is 11.1. The second-order valence-electron chi connectivity index (χ2n) is 4.30. The first-order chi connectivity index (χ1) is 7.66. The van der Waals surface area contributed by atoms with Crippen molar-refractivity contribution in [3.8, 4) is 0 Å². The fourth-order valence-electron chi connectivity index (χ4n) is 2.11. The van der Waals surface area contributed by atoms with Crippen LogP contribution in [-0.2, 0) is 6.42 Å². The van der Waals surface area contributed by atoms with Gasteiger partial charge in [-0.2, -0.15) is 0 Å². The van der Waals surface area contributed by atoms with Crippen LogP contribution < -0.4 is 5.73 Å². The third-order valence-corrected chi connectivity index (χ3v) is 3.40. The van der Waals surface area contributed by atoms with Crippen molar-refractivity contribution >= 4 is 24.0 Å². The molecule has 0 bridgehead atoms. The van der Waals surface area contributed by atoms with Gasteiger partial charge in [-0.05, 0) is 31.5 Å².